The maximum atomic E-state index is 12.3. The molecule has 0 saturated carbocycles. The Kier molecular flexibility index (Phi) is 4.58. The summed E-state index contributed by atoms with van der Waals surface area (Å²) in [6.45, 7) is 2.05. The van der Waals surface area contributed by atoms with Crippen molar-refractivity contribution in [3.63, 3.8) is 0 Å². The Bertz CT molecular complexity index is 741. The van der Waals surface area contributed by atoms with Gasteiger partial charge in [-0.15, -0.1) is 0 Å². The van der Waals surface area contributed by atoms with Crippen molar-refractivity contribution in [3.05, 3.63) is 44.7 Å². The second-order valence-electron chi connectivity index (χ2n) is 4.12. The molecule has 0 aliphatic carbocycles. The average molecular weight is 424 g/mol. The van der Waals surface area contributed by atoms with Crippen LogP contribution in [0.15, 0.2) is 42.7 Å². The highest BCUT2D eigenvalue weighted by Gasteiger charge is 2.22. The van der Waals surface area contributed by atoms with Crippen molar-refractivity contribution < 1.29 is 12.8 Å². The number of anilines is 1. The SMILES string of the molecule is Cc1ccc(NS(=O)(=O)c2cc(CN)oc2Br)cc1Br. The molecule has 5 nitrogen and oxygen atoms in total. The van der Waals surface area contributed by atoms with Crippen LogP contribution in [0.5, 0.6) is 0 Å². The first-order valence-electron chi connectivity index (χ1n) is 5.60. The van der Waals surface area contributed by atoms with Gasteiger partial charge in [-0.3, -0.25) is 4.72 Å². The number of hydrogen-bond acceptors (Lipinski definition) is 4. The summed E-state index contributed by atoms with van der Waals surface area (Å²) in [6.07, 6.45) is 0. The van der Waals surface area contributed by atoms with Crippen molar-refractivity contribution in [2.75, 3.05) is 4.72 Å². The molecule has 8 heteroatoms. The zero-order valence-electron chi connectivity index (χ0n) is 10.5. The highest BCUT2D eigenvalue weighted by molar-refractivity contribution is 9.10. The van der Waals surface area contributed by atoms with E-state index in [1.807, 2.05) is 13.0 Å². The van der Waals surface area contributed by atoms with Crippen molar-refractivity contribution in [3.8, 4) is 0 Å². The van der Waals surface area contributed by atoms with Crippen LogP contribution in [0.1, 0.15) is 11.3 Å². The predicted molar refractivity (Wildman–Crippen MR) is 84.0 cm³/mol. The molecule has 0 atom stereocenters. The molecule has 0 saturated heterocycles. The molecule has 3 N–H and O–H groups in total. The van der Waals surface area contributed by atoms with Gasteiger partial charge in [-0.05, 0) is 40.5 Å². The molecule has 0 fully saturated rings. The van der Waals surface area contributed by atoms with E-state index in [0.29, 0.717) is 11.4 Å². The minimum Gasteiger partial charge on any atom is -0.452 e. The van der Waals surface area contributed by atoms with Crippen LogP contribution < -0.4 is 10.5 Å². The fraction of sp³-hybridized carbons (Fsp3) is 0.167. The van der Waals surface area contributed by atoms with Gasteiger partial charge in [0.15, 0.2) is 4.67 Å². The summed E-state index contributed by atoms with van der Waals surface area (Å²) >= 11 is 6.44. The van der Waals surface area contributed by atoms with Gasteiger partial charge in [-0.25, -0.2) is 8.42 Å². The quantitative estimate of drug-likeness (QED) is 0.789. The lowest BCUT2D eigenvalue weighted by Crippen LogP contribution is -2.12. The van der Waals surface area contributed by atoms with Crippen LogP contribution in [-0.4, -0.2) is 8.42 Å². The van der Waals surface area contributed by atoms with E-state index in [0.717, 1.165) is 10.0 Å². The average Bonchev–Trinajstić information content (AvgIpc) is 2.76. The van der Waals surface area contributed by atoms with Crippen LogP contribution in [0.25, 0.3) is 0 Å². The number of furan rings is 1. The van der Waals surface area contributed by atoms with Crippen LogP contribution in [0.4, 0.5) is 5.69 Å². The van der Waals surface area contributed by atoms with Crippen molar-refractivity contribution in [1.82, 2.24) is 0 Å². The van der Waals surface area contributed by atoms with Crippen LogP contribution in [0.2, 0.25) is 0 Å². The van der Waals surface area contributed by atoms with E-state index >= 15 is 0 Å². The number of halogens is 2. The zero-order valence-corrected chi connectivity index (χ0v) is 14.5. The maximum Gasteiger partial charge on any atom is 0.266 e. The molecule has 0 spiro atoms. The second kappa shape index (κ2) is 5.88. The largest absolute Gasteiger partial charge is 0.452 e. The summed E-state index contributed by atoms with van der Waals surface area (Å²) in [6, 6.07) is 6.60. The van der Waals surface area contributed by atoms with Crippen LogP contribution in [-0.2, 0) is 16.6 Å². The lowest BCUT2D eigenvalue weighted by atomic mass is 10.2. The Morgan fingerprint density at radius 3 is 2.55 bits per heavy atom. The molecule has 0 radical (unpaired) electrons. The molecule has 108 valence electrons. The first kappa shape index (κ1) is 15.6. The first-order valence-corrected chi connectivity index (χ1v) is 8.67. The summed E-state index contributed by atoms with van der Waals surface area (Å²) in [4.78, 5) is 0.0228. The Hall–Kier alpha value is -0.830. The van der Waals surface area contributed by atoms with Gasteiger partial charge in [-0.2, -0.15) is 0 Å². The van der Waals surface area contributed by atoms with Crippen molar-refractivity contribution in [2.24, 2.45) is 5.73 Å². The minimum absolute atomic E-state index is 0.0228. The van der Waals surface area contributed by atoms with Crippen molar-refractivity contribution in [1.29, 1.82) is 0 Å². The number of hydrogen-bond donors (Lipinski definition) is 2. The number of benzene rings is 1. The summed E-state index contributed by atoms with van der Waals surface area (Å²) < 4.78 is 33.2. The number of nitrogens with one attached hydrogen (secondary N) is 1. The summed E-state index contributed by atoms with van der Waals surface area (Å²) in [5, 5.41) is 0. The number of sulfonamides is 1. The number of rotatable bonds is 4. The first-order chi connectivity index (χ1) is 9.33. The fourth-order valence-corrected chi connectivity index (χ4v) is 3.98. The van der Waals surface area contributed by atoms with Crippen LogP contribution in [0.3, 0.4) is 0 Å². The molecule has 2 aromatic rings. The van der Waals surface area contributed by atoms with Gasteiger partial charge < -0.3 is 10.2 Å². The third-order valence-electron chi connectivity index (χ3n) is 2.62. The second-order valence-corrected chi connectivity index (χ2v) is 7.35. The van der Waals surface area contributed by atoms with Gasteiger partial charge in [0, 0.05) is 16.2 Å². The molecule has 1 aromatic heterocycles. The smallest absolute Gasteiger partial charge is 0.266 e. The molecule has 0 aliphatic rings. The Morgan fingerprint density at radius 1 is 1.30 bits per heavy atom. The van der Waals surface area contributed by atoms with Crippen LogP contribution >= 0.6 is 31.9 Å². The van der Waals surface area contributed by atoms with Gasteiger partial charge in [-0.1, -0.05) is 22.0 Å². The Balaban J connectivity index is 2.35. The minimum atomic E-state index is -3.73. The van der Waals surface area contributed by atoms with Crippen molar-refractivity contribution in [2.45, 2.75) is 18.4 Å². The summed E-state index contributed by atoms with van der Waals surface area (Å²) in [5.74, 6) is 0.391. The van der Waals surface area contributed by atoms with E-state index in [2.05, 4.69) is 36.6 Å². The van der Waals surface area contributed by atoms with E-state index in [1.54, 1.807) is 12.1 Å². The van der Waals surface area contributed by atoms with E-state index < -0.39 is 10.0 Å². The van der Waals surface area contributed by atoms with Gasteiger partial charge in [0.05, 0.1) is 6.54 Å². The molecule has 0 unspecified atom stereocenters. The highest BCUT2D eigenvalue weighted by atomic mass is 79.9. The molecular formula is C12H12Br2N2O3S. The zero-order chi connectivity index (χ0) is 14.9. The lowest BCUT2D eigenvalue weighted by molar-refractivity contribution is 0.484. The molecule has 0 bridgehead atoms. The van der Waals surface area contributed by atoms with E-state index in [9.17, 15) is 8.42 Å². The topological polar surface area (TPSA) is 85.3 Å². The molecule has 1 heterocycles. The monoisotopic (exact) mass is 422 g/mol. The predicted octanol–water partition coefficient (Wildman–Crippen LogP) is 3.37. The fourth-order valence-electron chi connectivity index (χ4n) is 1.55. The van der Waals surface area contributed by atoms with E-state index in [4.69, 9.17) is 10.2 Å². The van der Waals surface area contributed by atoms with E-state index in [1.165, 1.54) is 6.07 Å². The van der Waals surface area contributed by atoms with Gasteiger partial charge in [0.1, 0.15) is 10.7 Å². The lowest BCUT2D eigenvalue weighted by Gasteiger charge is -2.08. The molecule has 2 rings (SSSR count). The van der Waals surface area contributed by atoms with Gasteiger partial charge >= 0.3 is 0 Å². The normalized spacial score (nSPS) is 11.6. The van der Waals surface area contributed by atoms with Crippen molar-refractivity contribution >= 4 is 47.6 Å². The molecule has 20 heavy (non-hydrogen) atoms. The Morgan fingerprint density at radius 2 is 2.00 bits per heavy atom. The number of aryl methyl sites for hydroxylation is 1. The van der Waals surface area contributed by atoms with Gasteiger partial charge in [0.25, 0.3) is 10.0 Å². The summed E-state index contributed by atoms with van der Waals surface area (Å²) in [7, 11) is -3.73. The highest BCUT2D eigenvalue weighted by Crippen LogP contribution is 2.29. The van der Waals surface area contributed by atoms with Gasteiger partial charge in [0.2, 0.25) is 0 Å². The maximum absolute atomic E-state index is 12.3. The number of nitrogens with two attached hydrogens (primary N) is 1. The van der Waals surface area contributed by atoms with Crippen LogP contribution in [0, 0.1) is 6.92 Å². The molecule has 1 aromatic carbocycles. The van der Waals surface area contributed by atoms with E-state index in [-0.39, 0.29) is 16.1 Å². The third-order valence-corrected chi connectivity index (χ3v) is 5.71. The third kappa shape index (κ3) is 3.25. The molecular weight excluding hydrogens is 412 g/mol. The molecule has 0 aliphatic heterocycles. The Labute approximate surface area is 133 Å². The summed E-state index contributed by atoms with van der Waals surface area (Å²) in [5.41, 5.74) is 6.91. The standard InChI is InChI=1S/C12H12Br2N2O3S/c1-7-2-3-8(4-10(7)13)16-20(17,18)11-5-9(6-15)19-12(11)14/h2-5,16H,6,15H2,1H3. The molecule has 0 amide bonds.